The summed E-state index contributed by atoms with van der Waals surface area (Å²) in [6.45, 7) is 0. The van der Waals surface area contributed by atoms with Gasteiger partial charge in [-0.25, -0.2) is 8.78 Å². The lowest BCUT2D eigenvalue weighted by Crippen LogP contribution is -2.31. The fourth-order valence-corrected chi connectivity index (χ4v) is 3.02. The summed E-state index contributed by atoms with van der Waals surface area (Å²) in [4.78, 5) is 11.5. The maximum Gasteiger partial charge on any atom is 0.309 e. The Hall–Kier alpha value is -3.30. The molecule has 1 N–H and O–H groups in total. The number of aliphatic hydroxyl groups is 1. The smallest absolute Gasteiger partial charge is 0.309 e. The second-order valence-corrected chi connectivity index (χ2v) is 6.40. The van der Waals surface area contributed by atoms with E-state index in [0.717, 1.165) is 0 Å². The maximum absolute atomic E-state index is 13.3. The third kappa shape index (κ3) is 4.70. The lowest BCUT2D eigenvalue weighted by atomic mass is 9.92. The van der Waals surface area contributed by atoms with Crippen LogP contribution >= 0.6 is 0 Å². The highest BCUT2D eigenvalue weighted by Gasteiger charge is 2.25. The van der Waals surface area contributed by atoms with Crippen LogP contribution in [0.25, 0.3) is 5.57 Å². The van der Waals surface area contributed by atoms with E-state index < -0.39 is 29.8 Å². The van der Waals surface area contributed by atoms with Gasteiger partial charge >= 0.3 is 5.97 Å². The number of carbonyl (C=O) groups excluding carboxylic acids is 1. The molecule has 142 valence electrons. The summed E-state index contributed by atoms with van der Waals surface area (Å²) < 4.78 is 31.8. The van der Waals surface area contributed by atoms with Crippen LogP contribution in [-0.2, 0) is 9.53 Å². The molecule has 1 saturated heterocycles. The summed E-state index contributed by atoms with van der Waals surface area (Å²) in [5.74, 6) is -1.34. The molecule has 4 nitrogen and oxygen atoms in total. The van der Waals surface area contributed by atoms with E-state index in [0.29, 0.717) is 16.7 Å². The largest absolute Gasteiger partial charge is 0.458 e. The van der Waals surface area contributed by atoms with E-state index in [-0.39, 0.29) is 18.4 Å². The SMILES string of the molecule is N#CC(/C=C/[C@H]1C[C@H](O)CC(=O)O1)=C(c1ccc(F)cc1)c1ccc(F)cc1. The summed E-state index contributed by atoms with van der Waals surface area (Å²) in [5.41, 5.74) is 1.88. The Bertz CT molecular complexity index is 909. The molecule has 0 aliphatic carbocycles. The predicted molar refractivity (Wildman–Crippen MR) is 98.7 cm³/mol. The van der Waals surface area contributed by atoms with Crippen LogP contribution in [0, 0.1) is 23.0 Å². The van der Waals surface area contributed by atoms with Crippen LogP contribution in [0.5, 0.6) is 0 Å². The van der Waals surface area contributed by atoms with Gasteiger partial charge in [0.05, 0.1) is 24.2 Å². The zero-order chi connectivity index (χ0) is 20.1. The molecule has 2 atom stereocenters. The first-order valence-corrected chi connectivity index (χ1v) is 8.68. The topological polar surface area (TPSA) is 70.3 Å². The lowest BCUT2D eigenvalue weighted by molar-refractivity contribution is -0.156. The van der Waals surface area contributed by atoms with Crippen LogP contribution in [0.1, 0.15) is 24.0 Å². The number of halogens is 2. The number of rotatable bonds is 4. The minimum Gasteiger partial charge on any atom is -0.458 e. The number of ether oxygens (including phenoxy) is 1. The molecule has 1 aliphatic rings. The number of esters is 1. The van der Waals surface area contributed by atoms with Gasteiger partial charge in [0.1, 0.15) is 17.7 Å². The van der Waals surface area contributed by atoms with E-state index in [9.17, 15) is 23.9 Å². The van der Waals surface area contributed by atoms with Crippen molar-refractivity contribution in [3.8, 4) is 6.07 Å². The average molecular weight is 381 g/mol. The average Bonchev–Trinajstić information content (AvgIpc) is 2.66. The zero-order valence-electron chi connectivity index (χ0n) is 14.8. The quantitative estimate of drug-likeness (QED) is 0.495. The number of carbonyl (C=O) groups is 1. The van der Waals surface area contributed by atoms with Gasteiger partial charge in [-0.15, -0.1) is 0 Å². The third-order valence-electron chi connectivity index (χ3n) is 4.32. The Morgan fingerprint density at radius 3 is 2.07 bits per heavy atom. The van der Waals surface area contributed by atoms with Crippen molar-refractivity contribution >= 4 is 11.5 Å². The fraction of sp³-hybridized carbons (Fsp3) is 0.182. The lowest BCUT2D eigenvalue weighted by Gasteiger charge is -2.23. The first kappa shape index (κ1) is 19.5. The molecule has 1 fully saturated rings. The van der Waals surface area contributed by atoms with Crippen molar-refractivity contribution in [1.82, 2.24) is 0 Å². The minimum absolute atomic E-state index is 0.0539. The van der Waals surface area contributed by atoms with Crippen molar-refractivity contribution in [3.05, 3.63) is 89.0 Å². The van der Waals surface area contributed by atoms with Crippen molar-refractivity contribution in [2.75, 3.05) is 0 Å². The Morgan fingerprint density at radius 1 is 1.07 bits per heavy atom. The molecule has 6 heteroatoms. The van der Waals surface area contributed by atoms with Crippen molar-refractivity contribution in [2.45, 2.75) is 25.0 Å². The molecular weight excluding hydrogens is 364 g/mol. The number of nitrogens with zero attached hydrogens (tertiary/aromatic N) is 1. The number of hydrogen-bond acceptors (Lipinski definition) is 4. The number of nitriles is 1. The summed E-state index contributed by atoms with van der Waals surface area (Å²) >= 11 is 0. The van der Waals surface area contributed by atoms with Gasteiger partial charge in [0.25, 0.3) is 0 Å². The van der Waals surface area contributed by atoms with Crippen LogP contribution in [-0.4, -0.2) is 23.3 Å². The van der Waals surface area contributed by atoms with Crippen molar-refractivity contribution in [2.24, 2.45) is 0 Å². The van der Waals surface area contributed by atoms with E-state index in [4.69, 9.17) is 4.74 Å². The summed E-state index contributed by atoms with van der Waals surface area (Å²) in [7, 11) is 0. The number of allylic oxidation sites excluding steroid dienone is 2. The number of cyclic esters (lactones) is 1. The zero-order valence-corrected chi connectivity index (χ0v) is 14.8. The van der Waals surface area contributed by atoms with Crippen LogP contribution < -0.4 is 0 Å². The molecule has 0 bridgehead atoms. The predicted octanol–water partition coefficient (Wildman–Crippen LogP) is 3.91. The van der Waals surface area contributed by atoms with E-state index in [1.807, 2.05) is 0 Å². The van der Waals surface area contributed by atoms with Gasteiger partial charge in [0.15, 0.2) is 0 Å². The molecule has 3 rings (SSSR count). The summed E-state index contributed by atoms with van der Waals surface area (Å²) in [6, 6.07) is 13.3. The van der Waals surface area contributed by atoms with Crippen LogP contribution in [0.3, 0.4) is 0 Å². The Labute approximate surface area is 161 Å². The highest BCUT2D eigenvalue weighted by atomic mass is 19.1. The monoisotopic (exact) mass is 381 g/mol. The Balaban J connectivity index is 2.04. The fourth-order valence-electron chi connectivity index (χ4n) is 3.02. The Kier molecular flexibility index (Phi) is 5.97. The third-order valence-corrected chi connectivity index (χ3v) is 4.32. The van der Waals surface area contributed by atoms with Crippen molar-refractivity contribution < 1.29 is 23.4 Å². The number of benzene rings is 2. The molecule has 0 aromatic heterocycles. The van der Waals surface area contributed by atoms with E-state index in [2.05, 4.69) is 6.07 Å². The molecule has 0 saturated carbocycles. The van der Waals surface area contributed by atoms with Gasteiger partial charge < -0.3 is 9.84 Å². The standard InChI is InChI=1S/C22H17F2NO3/c23-17-6-1-14(2-7-17)22(15-3-8-18(24)9-4-15)16(13-25)5-10-20-11-19(26)12-21(27)28-20/h1-10,19-20,26H,11-12H2/b10-5+/t19-,20-/m0/s1. The molecule has 0 radical (unpaired) electrons. The van der Waals surface area contributed by atoms with Gasteiger partial charge in [0, 0.05) is 12.0 Å². The van der Waals surface area contributed by atoms with Crippen LogP contribution in [0.2, 0.25) is 0 Å². The molecule has 2 aromatic carbocycles. The van der Waals surface area contributed by atoms with E-state index in [1.165, 1.54) is 60.7 Å². The number of aliphatic hydroxyl groups excluding tert-OH is 1. The van der Waals surface area contributed by atoms with Crippen LogP contribution in [0.4, 0.5) is 8.78 Å². The van der Waals surface area contributed by atoms with Crippen molar-refractivity contribution in [3.63, 3.8) is 0 Å². The highest BCUT2D eigenvalue weighted by Crippen LogP contribution is 2.28. The molecule has 0 amide bonds. The molecular formula is C22H17F2NO3. The first-order valence-electron chi connectivity index (χ1n) is 8.68. The Morgan fingerprint density at radius 2 is 1.61 bits per heavy atom. The maximum atomic E-state index is 13.3. The summed E-state index contributed by atoms with van der Waals surface area (Å²) in [5, 5.41) is 19.4. The minimum atomic E-state index is -0.793. The molecule has 28 heavy (non-hydrogen) atoms. The normalized spacial score (nSPS) is 19.1. The van der Waals surface area contributed by atoms with E-state index in [1.54, 1.807) is 0 Å². The first-order chi connectivity index (χ1) is 13.5. The van der Waals surface area contributed by atoms with E-state index >= 15 is 0 Å². The van der Waals surface area contributed by atoms with Crippen LogP contribution in [0.15, 0.2) is 66.3 Å². The molecule has 1 heterocycles. The molecule has 0 spiro atoms. The van der Waals surface area contributed by atoms with Gasteiger partial charge in [-0.2, -0.15) is 5.26 Å². The molecule has 0 unspecified atom stereocenters. The molecule has 1 aliphatic heterocycles. The van der Waals surface area contributed by atoms with Gasteiger partial charge in [0.2, 0.25) is 0 Å². The second-order valence-electron chi connectivity index (χ2n) is 6.40. The summed E-state index contributed by atoms with van der Waals surface area (Å²) in [6.07, 6.45) is 1.77. The number of hydrogen-bond donors (Lipinski definition) is 1. The van der Waals surface area contributed by atoms with Gasteiger partial charge in [-0.3, -0.25) is 4.79 Å². The highest BCUT2D eigenvalue weighted by molar-refractivity contribution is 5.85. The van der Waals surface area contributed by atoms with Crippen molar-refractivity contribution in [1.29, 1.82) is 5.26 Å². The second kappa shape index (κ2) is 8.59. The van der Waals surface area contributed by atoms with Gasteiger partial charge in [-0.1, -0.05) is 24.3 Å². The molecule has 2 aromatic rings. The van der Waals surface area contributed by atoms with Gasteiger partial charge in [-0.05, 0) is 47.5 Å².